The molecule has 158 valence electrons. The minimum Gasteiger partial charge on any atom is -0.497 e. The lowest BCUT2D eigenvalue weighted by molar-refractivity contribution is 0.0949. The normalized spacial score (nSPS) is 11.0. The highest BCUT2D eigenvalue weighted by Gasteiger charge is 2.16. The van der Waals surface area contributed by atoms with Gasteiger partial charge in [0.05, 0.1) is 18.3 Å². The van der Waals surface area contributed by atoms with Crippen LogP contribution in [0.15, 0.2) is 84.9 Å². The number of rotatable bonds is 6. The maximum atomic E-state index is 13.0. The number of aromatic amines is 1. The quantitative estimate of drug-likeness (QED) is 0.388. The molecule has 0 bridgehead atoms. The maximum Gasteiger partial charge on any atom is 0.269 e. The Bertz CT molecular complexity index is 1390. The number of carbonyl (C=O) groups excluding carboxylic acids is 1. The second-order valence-corrected chi connectivity index (χ2v) is 7.67. The van der Waals surface area contributed by atoms with Crippen LogP contribution in [0.5, 0.6) is 5.75 Å². The Morgan fingerprint density at radius 2 is 1.69 bits per heavy atom. The molecule has 5 aromatic rings. The third-order valence-corrected chi connectivity index (χ3v) is 5.63. The Morgan fingerprint density at radius 1 is 0.938 bits per heavy atom. The van der Waals surface area contributed by atoms with Gasteiger partial charge in [-0.05, 0) is 36.2 Å². The van der Waals surface area contributed by atoms with E-state index in [1.165, 1.54) is 0 Å². The van der Waals surface area contributed by atoms with Gasteiger partial charge in [-0.3, -0.25) is 4.79 Å². The van der Waals surface area contributed by atoms with E-state index in [2.05, 4.69) is 16.4 Å². The summed E-state index contributed by atoms with van der Waals surface area (Å²) in [5.41, 5.74) is 5.26. The molecule has 0 aliphatic heterocycles. The Balaban J connectivity index is 1.46. The van der Waals surface area contributed by atoms with Crippen molar-refractivity contribution < 1.29 is 9.53 Å². The minimum absolute atomic E-state index is 0.178. The third-order valence-electron chi connectivity index (χ3n) is 5.63. The molecule has 2 heterocycles. The average Bonchev–Trinajstić information content (AvgIpc) is 3.23. The molecular formula is C27H23N3O2. The van der Waals surface area contributed by atoms with E-state index < -0.39 is 0 Å². The van der Waals surface area contributed by atoms with Crippen LogP contribution >= 0.6 is 0 Å². The number of methoxy groups -OCH3 is 1. The summed E-state index contributed by atoms with van der Waals surface area (Å²) in [6.07, 6.45) is 0.733. The number of hydrogen-bond donors (Lipinski definition) is 2. The Hall–Kier alpha value is -4.12. The summed E-state index contributed by atoms with van der Waals surface area (Å²) < 4.78 is 5.20. The number of fused-ring (bicyclic) bond motifs is 3. The predicted octanol–water partition coefficient (Wildman–Crippen LogP) is 5.36. The molecule has 1 amide bonds. The molecule has 0 saturated carbocycles. The average molecular weight is 422 g/mol. The Kier molecular flexibility index (Phi) is 5.30. The van der Waals surface area contributed by atoms with Gasteiger partial charge >= 0.3 is 0 Å². The monoisotopic (exact) mass is 421 g/mol. The Labute approximate surface area is 186 Å². The lowest BCUT2D eigenvalue weighted by Crippen LogP contribution is -2.26. The molecule has 0 fully saturated rings. The van der Waals surface area contributed by atoms with Crippen molar-refractivity contribution >= 4 is 27.7 Å². The predicted molar refractivity (Wildman–Crippen MR) is 128 cm³/mol. The van der Waals surface area contributed by atoms with Crippen LogP contribution in [0.3, 0.4) is 0 Å². The summed E-state index contributed by atoms with van der Waals surface area (Å²) in [5.74, 6) is 0.644. The second-order valence-electron chi connectivity index (χ2n) is 7.67. The zero-order valence-corrected chi connectivity index (χ0v) is 17.8. The third kappa shape index (κ3) is 3.81. The highest BCUT2D eigenvalue weighted by molar-refractivity contribution is 6.13. The molecule has 32 heavy (non-hydrogen) atoms. The SMILES string of the molecule is COc1ccc(CCNC(=O)c2cc3c([nH]c4ccccc43)c(-c3ccccc3)n2)cc1. The van der Waals surface area contributed by atoms with E-state index in [-0.39, 0.29) is 5.91 Å². The summed E-state index contributed by atoms with van der Waals surface area (Å²) in [6, 6.07) is 27.8. The zero-order chi connectivity index (χ0) is 21.9. The fourth-order valence-corrected chi connectivity index (χ4v) is 3.97. The fraction of sp³-hybridized carbons (Fsp3) is 0.111. The number of pyridine rings is 1. The molecule has 5 heteroatoms. The van der Waals surface area contributed by atoms with Crippen molar-refractivity contribution in [1.29, 1.82) is 0 Å². The first-order valence-electron chi connectivity index (χ1n) is 10.6. The van der Waals surface area contributed by atoms with Gasteiger partial charge in [0, 0.05) is 28.4 Å². The van der Waals surface area contributed by atoms with Crippen LogP contribution in [0.4, 0.5) is 0 Å². The van der Waals surface area contributed by atoms with E-state index >= 15 is 0 Å². The second kappa shape index (κ2) is 8.55. The summed E-state index contributed by atoms with van der Waals surface area (Å²) in [4.78, 5) is 21.3. The van der Waals surface area contributed by atoms with E-state index in [0.29, 0.717) is 12.2 Å². The fourth-order valence-electron chi connectivity index (χ4n) is 3.97. The van der Waals surface area contributed by atoms with Gasteiger partial charge in [0.25, 0.3) is 5.91 Å². The van der Waals surface area contributed by atoms with E-state index in [1.54, 1.807) is 7.11 Å². The van der Waals surface area contributed by atoms with Gasteiger partial charge in [0.15, 0.2) is 0 Å². The lowest BCUT2D eigenvalue weighted by Gasteiger charge is -2.09. The van der Waals surface area contributed by atoms with Gasteiger partial charge in [-0.1, -0.05) is 60.7 Å². The first-order chi connectivity index (χ1) is 15.7. The van der Waals surface area contributed by atoms with Gasteiger partial charge in [0.1, 0.15) is 11.4 Å². The van der Waals surface area contributed by atoms with Crippen LogP contribution in [-0.4, -0.2) is 29.5 Å². The number of hydrogen-bond acceptors (Lipinski definition) is 3. The topological polar surface area (TPSA) is 67.0 Å². The van der Waals surface area contributed by atoms with Crippen molar-refractivity contribution in [2.75, 3.05) is 13.7 Å². The maximum absolute atomic E-state index is 13.0. The molecule has 0 radical (unpaired) electrons. The van der Waals surface area contributed by atoms with Crippen molar-refractivity contribution in [1.82, 2.24) is 15.3 Å². The number of aromatic nitrogens is 2. The molecule has 0 aliphatic carbocycles. The van der Waals surface area contributed by atoms with Crippen LogP contribution in [0.1, 0.15) is 16.1 Å². The number of H-pyrrole nitrogens is 1. The Morgan fingerprint density at radius 3 is 2.47 bits per heavy atom. The van der Waals surface area contributed by atoms with Gasteiger partial charge in [-0.15, -0.1) is 0 Å². The van der Waals surface area contributed by atoms with E-state index in [4.69, 9.17) is 9.72 Å². The number of nitrogens with zero attached hydrogens (tertiary/aromatic N) is 1. The van der Waals surface area contributed by atoms with Crippen molar-refractivity contribution in [2.45, 2.75) is 6.42 Å². The molecular weight excluding hydrogens is 398 g/mol. The molecule has 3 aromatic carbocycles. The molecule has 0 saturated heterocycles. The summed E-state index contributed by atoms with van der Waals surface area (Å²) in [5, 5.41) is 5.09. The zero-order valence-electron chi connectivity index (χ0n) is 17.8. The summed E-state index contributed by atoms with van der Waals surface area (Å²) in [7, 11) is 1.65. The summed E-state index contributed by atoms with van der Waals surface area (Å²) >= 11 is 0. The number of nitrogens with one attached hydrogen (secondary N) is 2. The molecule has 0 spiro atoms. The molecule has 5 nitrogen and oxygen atoms in total. The van der Waals surface area contributed by atoms with Crippen LogP contribution < -0.4 is 10.1 Å². The standard InChI is InChI=1S/C27H23N3O2/c1-32-20-13-11-18(12-14-20)15-16-28-27(31)24-17-22-21-9-5-6-10-23(21)29-26(22)25(30-24)19-7-3-2-4-8-19/h2-14,17,29H,15-16H2,1H3,(H,28,31). The molecule has 2 N–H and O–H groups in total. The molecule has 0 unspecified atom stereocenters. The number of ether oxygens (including phenoxy) is 1. The molecule has 5 rings (SSSR count). The van der Waals surface area contributed by atoms with Crippen LogP contribution in [0, 0.1) is 0 Å². The van der Waals surface area contributed by atoms with Crippen LogP contribution in [0.2, 0.25) is 0 Å². The van der Waals surface area contributed by atoms with E-state index in [9.17, 15) is 4.79 Å². The van der Waals surface area contributed by atoms with Gasteiger partial charge in [-0.2, -0.15) is 0 Å². The van der Waals surface area contributed by atoms with Crippen molar-refractivity contribution in [3.63, 3.8) is 0 Å². The number of amides is 1. The van der Waals surface area contributed by atoms with E-state index in [1.807, 2.05) is 78.9 Å². The van der Waals surface area contributed by atoms with Gasteiger partial charge in [0.2, 0.25) is 0 Å². The van der Waals surface area contributed by atoms with Crippen molar-refractivity contribution in [3.8, 4) is 17.0 Å². The van der Waals surface area contributed by atoms with Gasteiger partial charge < -0.3 is 15.0 Å². The number of para-hydroxylation sites is 1. The number of benzene rings is 3. The van der Waals surface area contributed by atoms with E-state index in [0.717, 1.165) is 50.8 Å². The lowest BCUT2D eigenvalue weighted by atomic mass is 10.1. The first-order valence-corrected chi connectivity index (χ1v) is 10.6. The van der Waals surface area contributed by atoms with Crippen LogP contribution in [-0.2, 0) is 6.42 Å². The first kappa shape index (κ1) is 19.8. The molecule has 2 aromatic heterocycles. The largest absolute Gasteiger partial charge is 0.497 e. The summed E-state index contributed by atoms with van der Waals surface area (Å²) in [6.45, 7) is 0.527. The molecule has 0 atom stereocenters. The minimum atomic E-state index is -0.178. The van der Waals surface area contributed by atoms with Gasteiger partial charge in [-0.25, -0.2) is 4.98 Å². The number of carbonyl (C=O) groups is 1. The highest BCUT2D eigenvalue weighted by atomic mass is 16.5. The smallest absolute Gasteiger partial charge is 0.269 e. The van der Waals surface area contributed by atoms with Crippen molar-refractivity contribution in [3.05, 3.63) is 96.2 Å². The van der Waals surface area contributed by atoms with Crippen LogP contribution in [0.25, 0.3) is 33.1 Å². The molecule has 0 aliphatic rings. The highest BCUT2D eigenvalue weighted by Crippen LogP contribution is 2.32. The van der Waals surface area contributed by atoms with Crippen molar-refractivity contribution in [2.24, 2.45) is 0 Å².